The molecule has 6 nitrogen and oxygen atoms in total. The number of aromatic nitrogens is 3. The van der Waals surface area contributed by atoms with Crippen molar-refractivity contribution < 1.29 is 4.79 Å². The first kappa shape index (κ1) is 20.4. The highest BCUT2D eigenvalue weighted by atomic mass is 35.5. The van der Waals surface area contributed by atoms with Gasteiger partial charge >= 0.3 is 0 Å². The molecule has 2 aromatic heterocycles. The fourth-order valence-electron chi connectivity index (χ4n) is 1.84. The molecule has 0 saturated heterocycles. The largest absolute Gasteiger partial charge is 0.349 e. The minimum absolute atomic E-state index is 0. The molecule has 2 N–H and O–H groups in total. The monoisotopic (exact) mass is 345 g/mol. The number of amides is 1. The Hall–Kier alpha value is -1.63. The standard InChI is InChI=1S/C14H19N5O.2ClH/c1-3-15-11(2)10-16-14(20)12-6-4-7-13(18-12)19-9-5-8-17-19;;/h4-9,11,15H,3,10H2,1-2H3,(H,16,20);2*1H/t11-;;/m1../s1. The number of likely N-dealkylation sites (N-methyl/N-ethyl adjacent to an activating group) is 1. The van der Waals surface area contributed by atoms with Gasteiger partial charge in [-0.15, -0.1) is 24.8 Å². The second kappa shape index (κ2) is 10.2. The summed E-state index contributed by atoms with van der Waals surface area (Å²) in [6.07, 6.45) is 3.46. The SMILES string of the molecule is CCN[C@H](C)CNC(=O)c1cccc(-n2cccn2)n1.Cl.Cl. The van der Waals surface area contributed by atoms with Crippen LogP contribution in [0.1, 0.15) is 24.3 Å². The molecule has 2 heterocycles. The molecule has 0 aliphatic rings. The van der Waals surface area contributed by atoms with Crippen LogP contribution in [0.25, 0.3) is 5.82 Å². The van der Waals surface area contributed by atoms with Crippen LogP contribution in [0.2, 0.25) is 0 Å². The van der Waals surface area contributed by atoms with Gasteiger partial charge in [-0.3, -0.25) is 4.79 Å². The van der Waals surface area contributed by atoms with Crippen molar-refractivity contribution >= 4 is 30.7 Å². The van der Waals surface area contributed by atoms with Crippen molar-refractivity contribution in [2.24, 2.45) is 0 Å². The molecular weight excluding hydrogens is 325 g/mol. The summed E-state index contributed by atoms with van der Waals surface area (Å²) in [5.74, 6) is 0.450. The minimum atomic E-state index is -0.177. The highest BCUT2D eigenvalue weighted by Crippen LogP contribution is 2.04. The molecule has 0 aliphatic carbocycles. The number of carbonyl (C=O) groups excluding carboxylic acids is 1. The van der Waals surface area contributed by atoms with Crippen molar-refractivity contribution in [2.75, 3.05) is 13.1 Å². The third kappa shape index (κ3) is 5.63. The van der Waals surface area contributed by atoms with Crippen molar-refractivity contribution in [2.45, 2.75) is 19.9 Å². The van der Waals surface area contributed by atoms with E-state index >= 15 is 0 Å². The van der Waals surface area contributed by atoms with Gasteiger partial charge in [0, 0.05) is 25.0 Å². The highest BCUT2D eigenvalue weighted by molar-refractivity contribution is 5.92. The van der Waals surface area contributed by atoms with E-state index in [2.05, 4.69) is 20.7 Å². The molecule has 0 unspecified atom stereocenters. The van der Waals surface area contributed by atoms with Crippen LogP contribution in [0.4, 0.5) is 0 Å². The van der Waals surface area contributed by atoms with Crippen LogP contribution in [0.3, 0.4) is 0 Å². The Morgan fingerprint density at radius 1 is 1.32 bits per heavy atom. The average molecular weight is 346 g/mol. The Morgan fingerprint density at radius 2 is 2.09 bits per heavy atom. The Labute approximate surface area is 142 Å². The van der Waals surface area contributed by atoms with Gasteiger partial charge in [0.25, 0.3) is 5.91 Å². The first-order valence-corrected chi connectivity index (χ1v) is 6.69. The van der Waals surface area contributed by atoms with Gasteiger partial charge in [0.2, 0.25) is 0 Å². The van der Waals surface area contributed by atoms with E-state index in [0.29, 0.717) is 18.1 Å². The van der Waals surface area contributed by atoms with E-state index in [0.717, 1.165) is 6.54 Å². The Morgan fingerprint density at radius 3 is 2.73 bits per heavy atom. The molecule has 8 heteroatoms. The average Bonchev–Trinajstić information content (AvgIpc) is 2.99. The lowest BCUT2D eigenvalue weighted by molar-refractivity contribution is 0.0945. The van der Waals surface area contributed by atoms with Crippen LogP contribution in [0.15, 0.2) is 36.7 Å². The number of halogens is 2. The van der Waals surface area contributed by atoms with E-state index < -0.39 is 0 Å². The molecule has 122 valence electrons. The van der Waals surface area contributed by atoms with Crippen molar-refractivity contribution in [3.05, 3.63) is 42.4 Å². The van der Waals surface area contributed by atoms with Crippen LogP contribution >= 0.6 is 24.8 Å². The quantitative estimate of drug-likeness (QED) is 0.837. The molecule has 0 aromatic carbocycles. The molecule has 0 radical (unpaired) electrons. The highest BCUT2D eigenvalue weighted by Gasteiger charge is 2.10. The van der Waals surface area contributed by atoms with Crippen LogP contribution in [-0.2, 0) is 0 Å². The summed E-state index contributed by atoms with van der Waals surface area (Å²) in [4.78, 5) is 16.4. The topological polar surface area (TPSA) is 71.8 Å². The zero-order valence-corrected chi connectivity index (χ0v) is 14.2. The molecule has 1 atom stereocenters. The third-order valence-corrected chi connectivity index (χ3v) is 2.83. The predicted octanol–water partition coefficient (Wildman–Crippen LogP) is 1.84. The molecule has 0 saturated carbocycles. The Kier molecular flexibility index (Phi) is 9.40. The summed E-state index contributed by atoms with van der Waals surface area (Å²) in [5, 5.41) is 10.2. The van der Waals surface area contributed by atoms with E-state index in [9.17, 15) is 4.79 Å². The summed E-state index contributed by atoms with van der Waals surface area (Å²) in [6, 6.07) is 7.35. The van der Waals surface area contributed by atoms with Gasteiger partial charge < -0.3 is 10.6 Å². The van der Waals surface area contributed by atoms with Crippen LogP contribution in [0.5, 0.6) is 0 Å². The molecule has 0 aliphatic heterocycles. The zero-order chi connectivity index (χ0) is 14.4. The molecular formula is C14H21Cl2N5O. The number of hydrogen-bond donors (Lipinski definition) is 2. The van der Waals surface area contributed by atoms with Crippen LogP contribution < -0.4 is 10.6 Å². The zero-order valence-electron chi connectivity index (χ0n) is 12.5. The maximum atomic E-state index is 12.0. The first-order valence-electron chi connectivity index (χ1n) is 6.69. The van der Waals surface area contributed by atoms with E-state index in [4.69, 9.17) is 0 Å². The van der Waals surface area contributed by atoms with Gasteiger partial charge in [0.05, 0.1) is 0 Å². The third-order valence-electron chi connectivity index (χ3n) is 2.83. The number of pyridine rings is 1. The first-order chi connectivity index (χ1) is 9.70. The van der Waals surface area contributed by atoms with E-state index in [1.165, 1.54) is 0 Å². The number of rotatable bonds is 6. The number of carbonyl (C=O) groups is 1. The van der Waals surface area contributed by atoms with Crippen molar-refractivity contribution in [1.29, 1.82) is 0 Å². The number of hydrogen-bond acceptors (Lipinski definition) is 4. The maximum Gasteiger partial charge on any atom is 0.270 e. The number of nitrogens with zero attached hydrogens (tertiary/aromatic N) is 3. The van der Waals surface area contributed by atoms with E-state index in [1.807, 2.05) is 26.0 Å². The van der Waals surface area contributed by atoms with Gasteiger partial charge in [-0.25, -0.2) is 9.67 Å². The summed E-state index contributed by atoms with van der Waals surface area (Å²) in [6.45, 7) is 5.51. The molecule has 0 fully saturated rings. The number of nitrogens with one attached hydrogen (secondary N) is 2. The fourth-order valence-corrected chi connectivity index (χ4v) is 1.84. The van der Waals surface area contributed by atoms with E-state index in [-0.39, 0.29) is 36.8 Å². The van der Waals surface area contributed by atoms with Crippen LogP contribution in [-0.4, -0.2) is 39.8 Å². The summed E-state index contributed by atoms with van der Waals surface area (Å²) in [7, 11) is 0. The molecule has 2 aromatic rings. The lowest BCUT2D eigenvalue weighted by atomic mass is 10.3. The smallest absolute Gasteiger partial charge is 0.270 e. The summed E-state index contributed by atoms with van der Waals surface area (Å²) in [5.41, 5.74) is 0.390. The molecule has 1 amide bonds. The normalized spacial score (nSPS) is 11.0. The predicted molar refractivity (Wildman–Crippen MR) is 91.3 cm³/mol. The van der Waals surface area contributed by atoms with Crippen molar-refractivity contribution in [3.63, 3.8) is 0 Å². The molecule has 2 rings (SSSR count). The van der Waals surface area contributed by atoms with Crippen molar-refractivity contribution in [3.8, 4) is 5.82 Å². The summed E-state index contributed by atoms with van der Waals surface area (Å²) < 4.78 is 1.62. The lowest BCUT2D eigenvalue weighted by Gasteiger charge is -2.13. The van der Waals surface area contributed by atoms with Gasteiger partial charge in [0.15, 0.2) is 5.82 Å². The van der Waals surface area contributed by atoms with Gasteiger partial charge in [0.1, 0.15) is 5.69 Å². The van der Waals surface area contributed by atoms with Crippen LogP contribution in [0, 0.1) is 0 Å². The van der Waals surface area contributed by atoms with Gasteiger partial charge in [-0.1, -0.05) is 13.0 Å². The molecule has 0 spiro atoms. The summed E-state index contributed by atoms with van der Waals surface area (Å²) >= 11 is 0. The minimum Gasteiger partial charge on any atom is -0.349 e. The fraction of sp³-hybridized carbons (Fsp3) is 0.357. The molecule has 22 heavy (non-hydrogen) atoms. The van der Waals surface area contributed by atoms with Gasteiger partial charge in [-0.2, -0.15) is 5.10 Å². The Bertz CT molecular complexity index is 562. The lowest BCUT2D eigenvalue weighted by Crippen LogP contribution is -2.39. The maximum absolute atomic E-state index is 12.0. The molecule has 0 bridgehead atoms. The van der Waals surface area contributed by atoms with E-state index in [1.54, 1.807) is 29.2 Å². The van der Waals surface area contributed by atoms with Crippen molar-refractivity contribution in [1.82, 2.24) is 25.4 Å². The Balaban J connectivity index is 0.00000220. The van der Waals surface area contributed by atoms with Gasteiger partial charge in [-0.05, 0) is 31.7 Å². The second-order valence-electron chi connectivity index (χ2n) is 4.50. The second-order valence-corrected chi connectivity index (χ2v) is 4.50.